The molecule has 9 heteroatoms. The zero-order valence-corrected chi connectivity index (χ0v) is 10.2. The monoisotopic (exact) mass is 276 g/mol. The third-order valence-corrected chi connectivity index (χ3v) is 2.34. The number of rotatable bonds is 7. The number of hydrogen-bond acceptors (Lipinski definition) is 6. The number of nitrogens with one attached hydrogen (secondary N) is 1. The van der Waals surface area contributed by atoms with Gasteiger partial charge in [0, 0.05) is 19.7 Å². The molecule has 0 spiro atoms. The first-order chi connectivity index (χ1) is 8.99. The second-order valence-electron chi connectivity index (χ2n) is 3.61. The third kappa shape index (κ3) is 3.98. The van der Waals surface area contributed by atoms with Crippen molar-refractivity contribution in [1.82, 2.24) is 4.98 Å². The minimum atomic E-state index is -2.69. The van der Waals surface area contributed by atoms with E-state index in [1.807, 2.05) is 0 Å². The highest BCUT2D eigenvalue weighted by atomic mass is 19.3. The van der Waals surface area contributed by atoms with Crippen LogP contribution in [0.5, 0.6) is 0 Å². The Bertz CT molecular complexity index is 445. The highest BCUT2D eigenvalue weighted by molar-refractivity contribution is 5.61. The summed E-state index contributed by atoms with van der Waals surface area (Å²) < 4.78 is 24.9. The Morgan fingerprint density at radius 3 is 2.74 bits per heavy atom. The van der Waals surface area contributed by atoms with Gasteiger partial charge in [-0.2, -0.15) is 0 Å². The molecule has 0 atom stereocenters. The molecule has 106 valence electrons. The van der Waals surface area contributed by atoms with Crippen molar-refractivity contribution >= 4 is 17.3 Å². The first-order valence-corrected chi connectivity index (χ1v) is 5.46. The molecular weight excluding hydrogens is 262 g/mol. The molecule has 1 heterocycles. The van der Waals surface area contributed by atoms with E-state index in [0.717, 1.165) is 4.90 Å². The van der Waals surface area contributed by atoms with Crippen LogP contribution in [0.2, 0.25) is 0 Å². The zero-order chi connectivity index (χ0) is 14.4. The molecule has 1 aromatic heterocycles. The molecule has 0 radical (unpaired) electrons. The molecule has 7 nitrogen and oxygen atoms in total. The first kappa shape index (κ1) is 15.0. The fraction of sp³-hybridized carbons (Fsp3) is 0.500. The number of hydrogen-bond donors (Lipinski definition) is 2. The van der Waals surface area contributed by atoms with E-state index in [4.69, 9.17) is 5.11 Å². The summed E-state index contributed by atoms with van der Waals surface area (Å²) in [7, 11) is 1.56. The molecule has 0 unspecified atom stereocenters. The summed E-state index contributed by atoms with van der Waals surface area (Å²) in [5.74, 6) is 0.129. The molecule has 0 bridgehead atoms. The van der Waals surface area contributed by atoms with E-state index in [1.165, 1.54) is 12.1 Å². The van der Waals surface area contributed by atoms with Gasteiger partial charge in [-0.25, -0.2) is 13.8 Å². The second kappa shape index (κ2) is 6.78. The van der Waals surface area contributed by atoms with Crippen molar-refractivity contribution in [2.24, 2.45) is 0 Å². The van der Waals surface area contributed by atoms with Crippen LogP contribution in [0.4, 0.5) is 26.1 Å². The Morgan fingerprint density at radius 1 is 1.58 bits per heavy atom. The molecule has 1 aromatic rings. The number of anilines is 2. The molecule has 0 aromatic carbocycles. The van der Waals surface area contributed by atoms with Crippen LogP contribution in [0, 0.1) is 10.1 Å². The molecule has 0 amide bonds. The number of alkyl halides is 2. The Hall–Kier alpha value is -2.03. The van der Waals surface area contributed by atoms with E-state index in [0.29, 0.717) is 5.82 Å². The summed E-state index contributed by atoms with van der Waals surface area (Å²) in [4.78, 5) is 15.1. The van der Waals surface area contributed by atoms with Crippen molar-refractivity contribution in [2.45, 2.75) is 6.43 Å². The van der Waals surface area contributed by atoms with Crippen LogP contribution in [0.25, 0.3) is 0 Å². The van der Waals surface area contributed by atoms with Gasteiger partial charge in [0.1, 0.15) is 5.82 Å². The van der Waals surface area contributed by atoms with Gasteiger partial charge in [-0.1, -0.05) is 0 Å². The molecule has 0 saturated carbocycles. The average Bonchev–Trinajstić information content (AvgIpc) is 2.36. The summed E-state index contributed by atoms with van der Waals surface area (Å²) in [5, 5.41) is 22.4. The number of halogens is 2. The zero-order valence-electron chi connectivity index (χ0n) is 10.2. The first-order valence-electron chi connectivity index (χ1n) is 5.46. The maximum absolute atomic E-state index is 12.5. The van der Waals surface area contributed by atoms with Crippen LogP contribution >= 0.6 is 0 Å². The van der Waals surface area contributed by atoms with Gasteiger partial charge < -0.3 is 15.3 Å². The van der Waals surface area contributed by atoms with E-state index in [-0.39, 0.29) is 18.1 Å². The average molecular weight is 276 g/mol. The maximum atomic E-state index is 12.5. The fourth-order valence-electron chi connectivity index (χ4n) is 1.53. The van der Waals surface area contributed by atoms with E-state index in [2.05, 4.69) is 10.3 Å². The molecule has 0 aliphatic carbocycles. The number of nitrogens with zero attached hydrogens (tertiary/aromatic N) is 3. The Morgan fingerprint density at radius 2 is 2.26 bits per heavy atom. The summed E-state index contributed by atoms with van der Waals surface area (Å²) in [6.45, 7) is -1.30. The van der Waals surface area contributed by atoms with Crippen molar-refractivity contribution in [1.29, 1.82) is 0 Å². The number of aliphatic hydroxyl groups is 1. The van der Waals surface area contributed by atoms with Gasteiger partial charge in [0.25, 0.3) is 6.43 Å². The van der Waals surface area contributed by atoms with Crippen molar-refractivity contribution in [3.63, 3.8) is 0 Å². The van der Waals surface area contributed by atoms with E-state index in [9.17, 15) is 18.9 Å². The van der Waals surface area contributed by atoms with Gasteiger partial charge in [0.05, 0.1) is 18.1 Å². The molecular formula is C10H14F2N4O3. The van der Waals surface area contributed by atoms with Gasteiger partial charge >= 0.3 is 5.69 Å². The normalized spacial score (nSPS) is 10.6. The lowest BCUT2D eigenvalue weighted by molar-refractivity contribution is -0.384. The molecule has 0 fully saturated rings. The molecule has 0 aliphatic rings. The quantitative estimate of drug-likeness (QED) is 0.572. The van der Waals surface area contributed by atoms with Crippen LogP contribution < -0.4 is 10.2 Å². The number of aliphatic hydroxyl groups excluding tert-OH is 1. The van der Waals surface area contributed by atoms with Gasteiger partial charge in [-0.05, 0) is 6.07 Å². The number of pyridine rings is 1. The van der Waals surface area contributed by atoms with Gasteiger partial charge in [0.15, 0.2) is 0 Å². The fourth-order valence-corrected chi connectivity index (χ4v) is 1.53. The lowest BCUT2D eigenvalue weighted by Gasteiger charge is -2.22. The van der Waals surface area contributed by atoms with Gasteiger partial charge in [0.2, 0.25) is 5.82 Å². The van der Waals surface area contributed by atoms with Crippen LogP contribution in [-0.2, 0) is 0 Å². The Balaban J connectivity index is 3.20. The molecule has 2 N–H and O–H groups in total. The van der Waals surface area contributed by atoms with Gasteiger partial charge in [-0.15, -0.1) is 0 Å². The third-order valence-electron chi connectivity index (χ3n) is 2.34. The van der Waals surface area contributed by atoms with E-state index < -0.39 is 24.5 Å². The summed E-state index contributed by atoms with van der Waals surface area (Å²) >= 11 is 0. The summed E-state index contributed by atoms with van der Waals surface area (Å²) in [6, 6.07) is 2.56. The van der Waals surface area contributed by atoms with Crippen molar-refractivity contribution in [3.05, 3.63) is 22.2 Å². The topological polar surface area (TPSA) is 91.5 Å². The van der Waals surface area contributed by atoms with Gasteiger partial charge in [-0.3, -0.25) is 10.1 Å². The van der Waals surface area contributed by atoms with E-state index >= 15 is 0 Å². The Labute approximate surface area is 108 Å². The SMILES string of the molecule is CNc1ccc([N+](=O)[O-])c(N(CCO)CC(F)F)n1. The highest BCUT2D eigenvalue weighted by Gasteiger charge is 2.23. The van der Waals surface area contributed by atoms with Crippen molar-refractivity contribution in [3.8, 4) is 0 Å². The van der Waals surface area contributed by atoms with Crippen LogP contribution in [0.3, 0.4) is 0 Å². The van der Waals surface area contributed by atoms with Crippen molar-refractivity contribution < 1.29 is 18.8 Å². The standard InChI is InChI=1S/C10H14F2N4O3/c1-13-9-3-2-7(16(18)19)10(14-9)15(4-5-17)6-8(11)12/h2-3,8,17H,4-6H2,1H3,(H,13,14). The Kier molecular flexibility index (Phi) is 5.37. The molecule has 19 heavy (non-hydrogen) atoms. The van der Waals surface area contributed by atoms with Crippen LogP contribution in [0.1, 0.15) is 0 Å². The maximum Gasteiger partial charge on any atom is 0.311 e. The molecule has 0 aliphatic heterocycles. The second-order valence-corrected chi connectivity index (χ2v) is 3.61. The lowest BCUT2D eigenvalue weighted by atomic mass is 10.3. The summed E-state index contributed by atoms with van der Waals surface area (Å²) in [5.41, 5.74) is -0.381. The highest BCUT2D eigenvalue weighted by Crippen LogP contribution is 2.27. The smallest absolute Gasteiger partial charge is 0.311 e. The lowest BCUT2D eigenvalue weighted by Crippen LogP contribution is -2.33. The predicted octanol–water partition coefficient (Wildman–Crippen LogP) is 1.10. The minimum absolute atomic E-state index is 0.161. The largest absolute Gasteiger partial charge is 0.395 e. The predicted molar refractivity (Wildman–Crippen MR) is 65.7 cm³/mol. The minimum Gasteiger partial charge on any atom is -0.395 e. The van der Waals surface area contributed by atoms with Crippen LogP contribution in [0.15, 0.2) is 12.1 Å². The molecule has 0 saturated heterocycles. The summed E-state index contributed by atoms with van der Waals surface area (Å²) in [6.07, 6.45) is -2.69. The number of aromatic nitrogens is 1. The molecule has 1 rings (SSSR count). The van der Waals surface area contributed by atoms with Crippen molar-refractivity contribution in [2.75, 3.05) is 37.0 Å². The van der Waals surface area contributed by atoms with Crippen LogP contribution in [-0.4, -0.2) is 48.2 Å². The number of nitro groups is 1. The van der Waals surface area contributed by atoms with E-state index in [1.54, 1.807) is 7.05 Å².